The van der Waals surface area contributed by atoms with Crippen LogP contribution in [-0.4, -0.2) is 58.3 Å². The van der Waals surface area contributed by atoms with Gasteiger partial charge in [0.25, 0.3) is 5.91 Å². The predicted octanol–water partition coefficient (Wildman–Crippen LogP) is 1.43. The highest BCUT2D eigenvalue weighted by Gasteiger charge is 2.36. The van der Waals surface area contributed by atoms with Crippen LogP contribution in [0.4, 0.5) is 10.8 Å². The van der Waals surface area contributed by atoms with Gasteiger partial charge in [-0.25, -0.2) is 22.5 Å². The molecule has 1 aliphatic heterocycles. The van der Waals surface area contributed by atoms with Crippen molar-refractivity contribution in [2.24, 2.45) is 0 Å². The molecule has 0 saturated carbocycles. The summed E-state index contributed by atoms with van der Waals surface area (Å²) in [6.45, 7) is 1.60. The number of esters is 1. The van der Waals surface area contributed by atoms with Crippen LogP contribution in [0.5, 0.6) is 5.75 Å². The number of aromatic nitrogens is 1. The van der Waals surface area contributed by atoms with Crippen molar-refractivity contribution in [1.29, 1.82) is 0 Å². The number of anilines is 2. The number of rotatable bonds is 4. The molecule has 1 atom stereocenters. The number of aryl methyl sites for hydroxylation is 1. The summed E-state index contributed by atoms with van der Waals surface area (Å²) in [5.41, 5.74) is 0.914. The standard InChI is InChI=1S/C17H19N3O6S2/c1-10-14(27-17(18-10)19(2)28(4,23)24)15(21)20-9-13(16(22)25-3)26-12-8-6-5-7-11(12)20/h5-8,13H,9H2,1-4H3/t13-/m0/s1. The third-order valence-corrected chi connectivity index (χ3v) is 6.73. The lowest BCUT2D eigenvalue weighted by Gasteiger charge is -2.33. The Morgan fingerprint density at radius 2 is 2.04 bits per heavy atom. The van der Waals surface area contributed by atoms with Gasteiger partial charge >= 0.3 is 5.97 Å². The van der Waals surface area contributed by atoms with Crippen LogP contribution in [0.15, 0.2) is 24.3 Å². The SMILES string of the molecule is COC(=O)[C@@H]1CN(C(=O)c2sc(N(C)S(C)(=O)=O)nc2C)c2ccccc2O1. The second-order valence-electron chi connectivity index (χ2n) is 6.15. The minimum atomic E-state index is -3.51. The minimum Gasteiger partial charge on any atom is -0.475 e. The number of para-hydroxylation sites is 2. The van der Waals surface area contributed by atoms with Crippen LogP contribution in [0.25, 0.3) is 0 Å². The van der Waals surface area contributed by atoms with Gasteiger partial charge < -0.3 is 9.47 Å². The second-order valence-corrected chi connectivity index (χ2v) is 9.15. The fraction of sp³-hybridized carbons (Fsp3) is 0.353. The van der Waals surface area contributed by atoms with Gasteiger partial charge in [0.2, 0.25) is 16.1 Å². The van der Waals surface area contributed by atoms with E-state index in [9.17, 15) is 18.0 Å². The maximum absolute atomic E-state index is 13.2. The number of nitrogens with zero attached hydrogens (tertiary/aromatic N) is 3. The van der Waals surface area contributed by atoms with Gasteiger partial charge in [-0.1, -0.05) is 23.5 Å². The first-order valence-corrected chi connectivity index (χ1v) is 10.9. The first kappa shape index (κ1) is 20.1. The molecule has 0 radical (unpaired) electrons. The van der Waals surface area contributed by atoms with E-state index in [0.717, 1.165) is 21.9 Å². The van der Waals surface area contributed by atoms with Crippen molar-refractivity contribution in [2.45, 2.75) is 13.0 Å². The van der Waals surface area contributed by atoms with E-state index in [1.54, 1.807) is 31.2 Å². The molecule has 28 heavy (non-hydrogen) atoms. The number of benzene rings is 1. The van der Waals surface area contributed by atoms with Gasteiger partial charge in [-0.2, -0.15) is 0 Å². The number of carbonyl (C=O) groups excluding carboxylic acids is 2. The van der Waals surface area contributed by atoms with Crippen LogP contribution in [0.3, 0.4) is 0 Å². The summed E-state index contributed by atoms with van der Waals surface area (Å²) in [7, 11) is -0.884. The number of sulfonamides is 1. The maximum atomic E-state index is 13.2. The molecule has 1 aromatic heterocycles. The predicted molar refractivity (Wildman–Crippen MR) is 105 cm³/mol. The normalized spacial score (nSPS) is 16.1. The van der Waals surface area contributed by atoms with Crippen LogP contribution >= 0.6 is 11.3 Å². The number of amides is 1. The minimum absolute atomic E-state index is 0.0306. The Balaban J connectivity index is 2.00. The summed E-state index contributed by atoms with van der Waals surface area (Å²) in [5.74, 6) is -0.605. The first-order valence-electron chi connectivity index (χ1n) is 8.20. The number of hydrogen-bond acceptors (Lipinski definition) is 8. The molecule has 150 valence electrons. The van der Waals surface area contributed by atoms with Crippen molar-refractivity contribution < 1.29 is 27.5 Å². The fourth-order valence-electron chi connectivity index (χ4n) is 2.66. The van der Waals surface area contributed by atoms with E-state index in [1.807, 2.05) is 0 Å². The number of carbonyl (C=O) groups is 2. The summed E-state index contributed by atoms with van der Waals surface area (Å²) < 4.78 is 35.0. The molecule has 0 bridgehead atoms. The molecule has 0 N–H and O–H groups in total. The lowest BCUT2D eigenvalue weighted by Crippen LogP contribution is -2.47. The molecule has 1 amide bonds. The Bertz CT molecular complexity index is 1030. The Morgan fingerprint density at radius 3 is 2.68 bits per heavy atom. The molecule has 1 aromatic carbocycles. The fourth-order valence-corrected chi connectivity index (χ4v) is 4.39. The van der Waals surface area contributed by atoms with Crippen LogP contribution in [0, 0.1) is 6.92 Å². The summed E-state index contributed by atoms with van der Waals surface area (Å²) in [4.78, 5) is 31.1. The number of hydrogen-bond donors (Lipinski definition) is 0. The molecular weight excluding hydrogens is 406 g/mol. The zero-order valence-corrected chi connectivity index (χ0v) is 17.3. The average Bonchev–Trinajstić information content (AvgIpc) is 3.05. The van der Waals surface area contributed by atoms with E-state index in [2.05, 4.69) is 4.98 Å². The second kappa shape index (κ2) is 7.40. The molecule has 2 aromatic rings. The molecule has 0 fully saturated rings. The summed E-state index contributed by atoms with van der Waals surface area (Å²) >= 11 is 0.974. The van der Waals surface area contributed by atoms with Crippen molar-refractivity contribution in [3.63, 3.8) is 0 Å². The van der Waals surface area contributed by atoms with E-state index >= 15 is 0 Å². The molecule has 0 spiro atoms. The van der Waals surface area contributed by atoms with Crippen molar-refractivity contribution in [3.05, 3.63) is 34.8 Å². The van der Waals surface area contributed by atoms with Gasteiger partial charge in [0.05, 0.1) is 31.3 Å². The Morgan fingerprint density at radius 1 is 1.36 bits per heavy atom. The van der Waals surface area contributed by atoms with Crippen LogP contribution in [0.1, 0.15) is 15.4 Å². The monoisotopic (exact) mass is 425 g/mol. The van der Waals surface area contributed by atoms with Crippen LogP contribution < -0.4 is 13.9 Å². The van der Waals surface area contributed by atoms with Crippen molar-refractivity contribution in [2.75, 3.05) is 36.2 Å². The van der Waals surface area contributed by atoms with Gasteiger partial charge in [0, 0.05) is 7.05 Å². The van der Waals surface area contributed by atoms with Gasteiger partial charge in [-0.15, -0.1) is 0 Å². The maximum Gasteiger partial charge on any atom is 0.348 e. The Kier molecular flexibility index (Phi) is 5.31. The molecule has 0 aliphatic carbocycles. The first-order chi connectivity index (χ1) is 13.1. The topological polar surface area (TPSA) is 106 Å². The van der Waals surface area contributed by atoms with E-state index in [0.29, 0.717) is 17.1 Å². The van der Waals surface area contributed by atoms with Gasteiger partial charge in [0.1, 0.15) is 10.6 Å². The van der Waals surface area contributed by atoms with E-state index in [1.165, 1.54) is 19.1 Å². The molecule has 1 aliphatic rings. The largest absolute Gasteiger partial charge is 0.475 e. The zero-order chi connectivity index (χ0) is 20.6. The molecular formula is C17H19N3O6S2. The smallest absolute Gasteiger partial charge is 0.348 e. The zero-order valence-electron chi connectivity index (χ0n) is 15.7. The third kappa shape index (κ3) is 3.67. The molecule has 0 saturated heterocycles. The molecule has 2 heterocycles. The highest BCUT2D eigenvalue weighted by atomic mass is 32.2. The van der Waals surface area contributed by atoms with Crippen LogP contribution in [-0.2, 0) is 19.6 Å². The van der Waals surface area contributed by atoms with Crippen molar-refractivity contribution in [1.82, 2.24) is 4.98 Å². The number of thiazole rings is 1. The summed E-state index contributed by atoms with van der Waals surface area (Å²) in [6.07, 6.45) is 0.0972. The summed E-state index contributed by atoms with van der Waals surface area (Å²) in [6, 6.07) is 6.86. The molecule has 11 heteroatoms. The highest BCUT2D eigenvalue weighted by Crippen LogP contribution is 2.36. The Labute approximate surface area is 166 Å². The lowest BCUT2D eigenvalue weighted by atomic mass is 10.1. The van der Waals surface area contributed by atoms with Gasteiger partial charge in [0.15, 0.2) is 5.13 Å². The van der Waals surface area contributed by atoms with E-state index in [-0.39, 0.29) is 16.6 Å². The van der Waals surface area contributed by atoms with Crippen LogP contribution in [0.2, 0.25) is 0 Å². The average molecular weight is 425 g/mol. The number of fused-ring (bicyclic) bond motifs is 1. The quantitative estimate of drug-likeness (QED) is 0.682. The van der Waals surface area contributed by atoms with Gasteiger partial charge in [-0.3, -0.25) is 9.69 Å². The lowest BCUT2D eigenvalue weighted by molar-refractivity contribution is -0.148. The van der Waals surface area contributed by atoms with Gasteiger partial charge in [-0.05, 0) is 19.1 Å². The van der Waals surface area contributed by atoms with Crippen molar-refractivity contribution in [3.8, 4) is 5.75 Å². The highest BCUT2D eigenvalue weighted by molar-refractivity contribution is 7.92. The molecule has 3 rings (SSSR count). The van der Waals surface area contributed by atoms with E-state index < -0.39 is 28.0 Å². The number of methoxy groups -OCH3 is 1. The van der Waals surface area contributed by atoms with E-state index in [4.69, 9.17) is 9.47 Å². The van der Waals surface area contributed by atoms with Crippen molar-refractivity contribution >= 4 is 44.1 Å². The Hall–Kier alpha value is -2.66. The molecule has 9 nitrogen and oxygen atoms in total. The third-order valence-electron chi connectivity index (χ3n) is 4.23. The summed E-state index contributed by atoms with van der Waals surface area (Å²) in [5, 5.41) is 0.189. The number of ether oxygens (including phenoxy) is 2. The molecule has 0 unspecified atom stereocenters.